The van der Waals surface area contributed by atoms with E-state index in [0.717, 1.165) is 28.0 Å². The van der Waals surface area contributed by atoms with E-state index in [0.29, 0.717) is 6.04 Å². The number of fused-ring (bicyclic) bond motifs is 1. The van der Waals surface area contributed by atoms with Gasteiger partial charge in [0.2, 0.25) is 0 Å². The van der Waals surface area contributed by atoms with E-state index in [1.165, 1.54) is 10.3 Å². The Morgan fingerprint density at radius 1 is 1.19 bits per heavy atom. The summed E-state index contributed by atoms with van der Waals surface area (Å²) in [6.45, 7) is 3.02. The van der Waals surface area contributed by atoms with Crippen LogP contribution in [-0.2, 0) is 6.54 Å². The van der Waals surface area contributed by atoms with Crippen molar-refractivity contribution in [2.24, 2.45) is 0 Å². The van der Waals surface area contributed by atoms with Gasteiger partial charge in [0.1, 0.15) is 5.01 Å². The number of hydrogen-bond acceptors (Lipinski definition) is 3. The number of hydrogen-bond donors (Lipinski definition) is 1. The summed E-state index contributed by atoms with van der Waals surface area (Å²) in [6, 6.07) is 17.1. The van der Waals surface area contributed by atoms with Crippen molar-refractivity contribution in [2.45, 2.75) is 25.9 Å². The molecular weight excluding hydrogens is 344 g/mol. The number of rotatable bonds is 5. The average Bonchev–Trinajstić information content (AvgIpc) is 2.91. The third-order valence-corrected chi connectivity index (χ3v) is 5.03. The molecule has 0 aliphatic rings. The minimum absolute atomic E-state index is 0.356. The Morgan fingerprint density at radius 2 is 2.05 bits per heavy atom. The second-order valence-electron chi connectivity index (χ2n) is 4.97. The minimum Gasteiger partial charge on any atom is -0.304 e. The monoisotopic (exact) mass is 360 g/mol. The summed E-state index contributed by atoms with van der Waals surface area (Å²) in [7, 11) is 0. The van der Waals surface area contributed by atoms with Crippen LogP contribution in [0.15, 0.2) is 53.0 Å². The van der Waals surface area contributed by atoms with Crippen LogP contribution in [0.1, 0.15) is 30.0 Å². The SMILES string of the molecule is CCC(NCc1nc2ccccc2s1)c1cccc(Br)c1. The highest BCUT2D eigenvalue weighted by Gasteiger charge is 2.10. The van der Waals surface area contributed by atoms with Gasteiger partial charge in [0.05, 0.1) is 10.2 Å². The lowest BCUT2D eigenvalue weighted by atomic mass is 10.0. The smallest absolute Gasteiger partial charge is 0.108 e. The zero-order chi connectivity index (χ0) is 14.7. The summed E-state index contributed by atoms with van der Waals surface area (Å²) in [5.41, 5.74) is 2.41. The maximum absolute atomic E-state index is 4.68. The molecule has 0 fully saturated rings. The third-order valence-electron chi connectivity index (χ3n) is 3.50. The highest BCUT2D eigenvalue weighted by molar-refractivity contribution is 9.10. The van der Waals surface area contributed by atoms with Crippen LogP contribution in [-0.4, -0.2) is 4.98 Å². The Morgan fingerprint density at radius 3 is 2.81 bits per heavy atom. The molecule has 1 atom stereocenters. The number of para-hydroxylation sites is 1. The maximum atomic E-state index is 4.68. The van der Waals surface area contributed by atoms with Gasteiger partial charge < -0.3 is 5.32 Å². The van der Waals surface area contributed by atoms with Crippen LogP contribution in [0.3, 0.4) is 0 Å². The molecule has 108 valence electrons. The summed E-state index contributed by atoms with van der Waals surface area (Å²) in [6.07, 6.45) is 1.06. The molecule has 0 aliphatic heterocycles. The van der Waals surface area contributed by atoms with E-state index >= 15 is 0 Å². The predicted octanol–water partition coefficient (Wildman–Crippen LogP) is 5.30. The number of thiazole rings is 1. The van der Waals surface area contributed by atoms with Crippen molar-refractivity contribution in [1.29, 1.82) is 0 Å². The first-order valence-electron chi connectivity index (χ1n) is 7.09. The molecule has 0 amide bonds. The molecule has 1 aromatic heterocycles. The summed E-state index contributed by atoms with van der Waals surface area (Å²) < 4.78 is 2.38. The molecule has 2 nitrogen and oxygen atoms in total. The number of aromatic nitrogens is 1. The largest absolute Gasteiger partial charge is 0.304 e. The normalized spacial score (nSPS) is 12.7. The third kappa shape index (κ3) is 3.51. The first-order chi connectivity index (χ1) is 10.3. The molecule has 1 unspecified atom stereocenters. The van der Waals surface area contributed by atoms with Gasteiger partial charge in [0, 0.05) is 17.1 Å². The number of nitrogens with zero attached hydrogens (tertiary/aromatic N) is 1. The van der Waals surface area contributed by atoms with Crippen molar-refractivity contribution in [1.82, 2.24) is 10.3 Å². The molecule has 21 heavy (non-hydrogen) atoms. The Labute approximate surface area is 137 Å². The first-order valence-corrected chi connectivity index (χ1v) is 8.70. The molecular formula is C17H17BrN2S. The summed E-state index contributed by atoms with van der Waals surface area (Å²) in [4.78, 5) is 4.68. The molecule has 0 bridgehead atoms. The van der Waals surface area contributed by atoms with E-state index in [9.17, 15) is 0 Å². The molecule has 1 N–H and O–H groups in total. The van der Waals surface area contributed by atoms with E-state index < -0.39 is 0 Å². The van der Waals surface area contributed by atoms with Gasteiger partial charge in [-0.05, 0) is 36.2 Å². The first kappa shape index (κ1) is 14.7. The second kappa shape index (κ2) is 6.69. The molecule has 3 aromatic rings. The van der Waals surface area contributed by atoms with E-state index in [1.54, 1.807) is 11.3 Å². The lowest BCUT2D eigenvalue weighted by Crippen LogP contribution is -2.20. The fourth-order valence-electron chi connectivity index (χ4n) is 2.43. The Bertz CT molecular complexity index is 705. The Balaban J connectivity index is 1.73. The van der Waals surface area contributed by atoms with Gasteiger partial charge in [-0.1, -0.05) is 47.1 Å². The molecule has 1 heterocycles. The highest BCUT2D eigenvalue weighted by Crippen LogP contribution is 2.24. The van der Waals surface area contributed by atoms with Crippen molar-refractivity contribution in [2.75, 3.05) is 0 Å². The molecule has 3 rings (SSSR count). The van der Waals surface area contributed by atoms with Crippen LogP contribution in [0.5, 0.6) is 0 Å². The van der Waals surface area contributed by atoms with Gasteiger partial charge in [0.15, 0.2) is 0 Å². The topological polar surface area (TPSA) is 24.9 Å². The van der Waals surface area contributed by atoms with Crippen LogP contribution in [0.25, 0.3) is 10.2 Å². The average molecular weight is 361 g/mol. The molecule has 0 saturated heterocycles. The summed E-state index contributed by atoms with van der Waals surface area (Å²) in [5.74, 6) is 0. The standard InChI is InChI=1S/C17H17BrN2S/c1-2-14(12-6-5-7-13(18)10-12)19-11-17-20-15-8-3-4-9-16(15)21-17/h3-10,14,19H,2,11H2,1H3. The highest BCUT2D eigenvalue weighted by atomic mass is 79.9. The van der Waals surface area contributed by atoms with Crippen LogP contribution >= 0.6 is 27.3 Å². The number of halogens is 1. The summed E-state index contributed by atoms with van der Waals surface area (Å²) in [5, 5.41) is 4.76. The van der Waals surface area contributed by atoms with Gasteiger partial charge in [-0.3, -0.25) is 0 Å². The van der Waals surface area contributed by atoms with Crippen molar-refractivity contribution in [3.63, 3.8) is 0 Å². The fraction of sp³-hybridized carbons (Fsp3) is 0.235. The van der Waals surface area contributed by atoms with Gasteiger partial charge in [0.25, 0.3) is 0 Å². The van der Waals surface area contributed by atoms with Crippen molar-refractivity contribution >= 4 is 37.5 Å². The van der Waals surface area contributed by atoms with Crippen molar-refractivity contribution in [3.05, 3.63) is 63.6 Å². The van der Waals surface area contributed by atoms with Gasteiger partial charge in [-0.2, -0.15) is 0 Å². The Kier molecular flexibility index (Phi) is 4.68. The number of nitrogens with one attached hydrogen (secondary N) is 1. The quantitative estimate of drug-likeness (QED) is 0.667. The molecule has 0 aliphatic carbocycles. The van der Waals surface area contributed by atoms with E-state index in [1.807, 2.05) is 6.07 Å². The van der Waals surface area contributed by atoms with Crippen LogP contribution in [0.2, 0.25) is 0 Å². The lowest BCUT2D eigenvalue weighted by molar-refractivity contribution is 0.518. The molecule has 4 heteroatoms. The van der Waals surface area contributed by atoms with Crippen LogP contribution < -0.4 is 5.32 Å². The van der Waals surface area contributed by atoms with Crippen LogP contribution in [0.4, 0.5) is 0 Å². The number of benzene rings is 2. The Hall–Kier alpha value is -1.23. The molecule has 0 saturated carbocycles. The van der Waals surface area contributed by atoms with Crippen molar-refractivity contribution in [3.8, 4) is 0 Å². The molecule has 0 radical (unpaired) electrons. The van der Waals surface area contributed by atoms with Gasteiger partial charge in [-0.15, -0.1) is 11.3 Å². The zero-order valence-corrected chi connectivity index (χ0v) is 14.2. The maximum Gasteiger partial charge on any atom is 0.108 e. The summed E-state index contributed by atoms with van der Waals surface area (Å²) >= 11 is 5.31. The van der Waals surface area contributed by atoms with Gasteiger partial charge >= 0.3 is 0 Å². The predicted molar refractivity (Wildman–Crippen MR) is 93.6 cm³/mol. The second-order valence-corrected chi connectivity index (χ2v) is 7.00. The fourth-order valence-corrected chi connectivity index (χ4v) is 3.76. The lowest BCUT2D eigenvalue weighted by Gasteiger charge is -2.16. The zero-order valence-electron chi connectivity index (χ0n) is 11.8. The van der Waals surface area contributed by atoms with E-state index in [-0.39, 0.29) is 0 Å². The molecule has 2 aromatic carbocycles. The van der Waals surface area contributed by atoms with Crippen molar-refractivity contribution < 1.29 is 0 Å². The van der Waals surface area contributed by atoms with E-state index in [4.69, 9.17) is 0 Å². The molecule has 0 spiro atoms. The van der Waals surface area contributed by atoms with Gasteiger partial charge in [-0.25, -0.2) is 4.98 Å². The van der Waals surface area contributed by atoms with Crippen LogP contribution in [0, 0.1) is 0 Å². The van der Waals surface area contributed by atoms with E-state index in [2.05, 4.69) is 75.6 Å². The minimum atomic E-state index is 0.356.